The summed E-state index contributed by atoms with van der Waals surface area (Å²) in [5.74, 6) is 0. The maximum Gasteiger partial charge on any atom is 0.00217 e. The molecule has 0 unspecified atom stereocenters. The van der Waals surface area contributed by atoms with Gasteiger partial charge < -0.3 is 9.80 Å². The van der Waals surface area contributed by atoms with Crippen molar-refractivity contribution in [2.45, 2.75) is 38.5 Å². The van der Waals surface area contributed by atoms with Crippen LogP contribution >= 0.6 is 0 Å². The van der Waals surface area contributed by atoms with E-state index in [2.05, 4.69) is 23.0 Å². The second-order valence-electron chi connectivity index (χ2n) is 5.80. The molecule has 0 N–H and O–H groups in total. The second-order valence-corrected chi connectivity index (χ2v) is 5.80. The number of hydrogen-bond donors (Lipinski definition) is 0. The highest BCUT2D eigenvalue weighted by Crippen LogP contribution is 2.18. The van der Waals surface area contributed by atoms with Crippen molar-refractivity contribution in [3.05, 3.63) is 24.3 Å². The average Bonchev–Trinajstić information content (AvgIpc) is 3.05. The van der Waals surface area contributed by atoms with Gasteiger partial charge in [0.05, 0.1) is 0 Å². The van der Waals surface area contributed by atoms with Crippen LogP contribution < -0.4 is 0 Å². The first-order valence-corrected chi connectivity index (χ1v) is 7.56. The van der Waals surface area contributed by atoms with Crippen molar-refractivity contribution in [1.82, 2.24) is 9.80 Å². The predicted molar refractivity (Wildman–Crippen MR) is 78.9 cm³/mol. The van der Waals surface area contributed by atoms with Crippen molar-refractivity contribution in [3.63, 3.8) is 0 Å². The van der Waals surface area contributed by atoms with Crippen LogP contribution in [0.4, 0.5) is 0 Å². The molecule has 2 aliphatic rings. The van der Waals surface area contributed by atoms with Crippen LogP contribution in [-0.2, 0) is 0 Å². The summed E-state index contributed by atoms with van der Waals surface area (Å²) in [6.45, 7) is 15.9. The largest absolute Gasteiger partial charge is 0.303 e. The van der Waals surface area contributed by atoms with Crippen LogP contribution in [0.25, 0.3) is 0 Å². The lowest BCUT2D eigenvalue weighted by Crippen LogP contribution is -2.22. The standard InChI is InChI=1S/C16H28N2/c1-15(7-13-17-9-3-4-10-17)16(2)8-14-18-11-5-6-12-18/h1-14H2. The van der Waals surface area contributed by atoms with Crippen molar-refractivity contribution >= 4 is 0 Å². The molecule has 2 rings (SSSR count). The van der Waals surface area contributed by atoms with Crippen molar-refractivity contribution < 1.29 is 0 Å². The summed E-state index contributed by atoms with van der Waals surface area (Å²) in [6.07, 6.45) is 7.73. The third-order valence-corrected chi connectivity index (χ3v) is 4.36. The molecule has 0 aromatic heterocycles. The molecule has 0 amide bonds. The van der Waals surface area contributed by atoms with Crippen LogP contribution in [0, 0.1) is 0 Å². The van der Waals surface area contributed by atoms with E-state index in [4.69, 9.17) is 0 Å². The van der Waals surface area contributed by atoms with Crippen LogP contribution in [-0.4, -0.2) is 49.1 Å². The van der Waals surface area contributed by atoms with Crippen molar-refractivity contribution in [3.8, 4) is 0 Å². The molecule has 0 aromatic rings. The molecule has 0 aromatic carbocycles. The lowest BCUT2D eigenvalue weighted by molar-refractivity contribution is 0.338. The van der Waals surface area contributed by atoms with E-state index >= 15 is 0 Å². The molecule has 2 fully saturated rings. The van der Waals surface area contributed by atoms with Gasteiger partial charge in [0.25, 0.3) is 0 Å². The minimum Gasteiger partial charge on any atom is -0.303 e. The normalized spacial score (nSPS) is 21.6. The smallest absolute Gasteiger partial charge is 0.00217 e. The predicted octanol–water partition coefficient (Wildman–Crippen LogP) is 3.07. The highest BCUT2D eigenvalue weighted by atomic mass is 15.1. The van der Waals surface area contributed by atoms with Crippen LogP contribution in [0.5, 0.6) is 0 Å². The third kappa shape index (κ3) is 4.25. The summed E-state index contributed by atoms with van der Waals surface area (Å²) in [7, 11) is 0. The number of hydrogen-bond acceptors (Lipinski definition) is 2. The van der Waals surface area contributed by atoms with Gasteiger partial charge in [0, 0.05) is 13.1 Å². The fourth-order valence-corrected chi connectivity index (χ4v) is 2.95. The van der Waals surface area contributed by atoms with Gasteiger partial charge >= 0.3 is 0 Å². The second kappa shape index (κ2) is 7.10. The van der Waals surface area contributed by atoms with E-state index in [1.165, 1.54) is 76.1 Å². The van der Waals surface area contributed by atoms with Gasteiger partial charge in [-0.3, -0.25) is 0 Å². The Morgan fingerprint density at radius 2 is 1.00 bits per heavy atom. The van der Waals surface area contributed by atoms with Crippen LogP contribution in [0.3, 0.4) is 0 Å². The molecule has 0 saturated carbocycles. The Kier molecular flexibility index (Phi) is 5.45. The van der Waals surface area contributed by atoms with E-state index < -0.39 is 0 Å². The molecule has 2 heteroatoms. The molecule has 0 atom stereocenters. The van der Waals surface area contributed by atoms with E-state index in [0.717, 1.165) is 12.8 Å². The number of nitrogens with zero attached hydrogens (tertiary/aromatic N) is 2. The minimum atomic E-state index is 1.11. The molecule has 0 bridgehead atoms. The van der Waals surface area contributed by atoms with Gasteiger partial charge in [-0.05, 0) is 64.7 Å². The molecule has 2 aliphatic heterocycles. The first-order chi connectivity index (χ1) is 8.75. The molecular weight excluding hydrogens is 220 g/mol. The van der Waals surface area contributed by atoms with E-state index in [9.17, 15) is 0 Å². The Balaban J connectivity index is 1.59. The van der Waals surface area contributed by atoms with E-state index in [0.29, 0.717) is 0 Å². The third-order valence-electron chi connectivity index (χ3n) is 4.36. The van der Waals surface area contributed by atoms with Crippen molar-refractivity contribution in [1.29, 1.82) is 0 Å². The lowest BCUT2D eigenvalue weighted by atomic mass is 10.0. The highest BCUT2D eigenvalue weighted by Gasteiger charge is 2.13. The summed E-state index contributed by atoms with van der Waals surface area (Å²) in [5.41, 5.74) is 2.56. The SMILES string of the molecule is C=C(CCN1CCCC1)C(=C)CCN1CCCC1. The summed E-state index contributed by atoms with van der Waals surface area (Å²) < 4.78 is 0. The average molecular weight is 248 g/mol. The summed E-state index contributed by atoms with van der Waals surface area (Å²) in [5, 5.41) is 0. The summed E-state index contributed by atoms with van der Waals surface area (Å²) in [4.78, 5) is 5.11. The maximum atomic E-state index is 4.22. The van der Waals surface area contributed by atoms with Gasteiger partial charge in [0.2, 0.25) is 0 Å². The minimum absolute atomic E-state index is 1.11. The van der Waals surface area contributed by atoms with Crippen molar-refractivity contribution in [2.75, 3.05) is 39.3 Å². The lowest BCUT2D eigenvalue weighted by Gasteiger charge is -2.18. The number of rotatable bonds is 7. The molecule has 2 nitrogen and oxygen atoms in total. The summed E-state index contributed by atoms with van der Waals surface area (Å²) in [6, 6.07) is 0. The zero-order chi connectivity index (χ0) is 12.8. The quantitative estimate of drug-likeness (QED) is 0.639. The van der Waals surface area contributed by atoms with E-state index in [-0.39, 0.29) is 0 Å². The van der Waals surface area contributed by atoms with Gasteiger partial charge in [-0.15, -0.1) is 0 Å². The molecule has 18 heavy (non-hydrogen) atoms. The Bertz CT molecular complexity index is 253. The molecule has 2 saturated heterocycles. The Morgan fingerprint density at radius 3 is 1.33 bits per heavy atom. The van der Waals surface area contributed by atoms with Gasteiger partial charge in [-0.2, -0.15) is 0 Å². The molecule has 2 heterocycles. The van der Waals surface area contributed by atoms with E-state index in [1.807, 2.05) is 0 Å². The van der Waals surface area contributed by atoms with Gasteiger partial charge in [0.15, 0.2) is 0 Å². The maximum absolute atomic E-state index is 4.22. The van der Waals surface area contributed by atoms with Crippen molar-refractivity contribution in [2.24, 2.45) is 0 Å². The zero-order valence-corrected chi connectivity index (χ0v) is 11.8. The fourth-order valence-electron chi connectivity index (χ4n) is 2.95. The molecule has 102 valence electrons. The molecule has 0 aliphatic carbocycles. The Morgan fingerprint density at radius 1 is 0.667 bits per heavy atom. The van der Waals surface area contributed by atoms with Gasteiger partial charge in [-0.1, -0.05) is 24.3 Å². The molecule has 0 radical (unpaired) electrons. The Labute approximate surface area is 112 Å². The number of likely N-dealkylation sites (tertiary alicyclic amines) is 2. The highest BCUT2D eigenvalue weighted by molar-refractivity contribution is 5.25. The fraction of sp³-hybridized carbons (Fsp3) is 0.750. The topological polar surface area (TPSA) is 6.48 Å². The van der Waals surface area contributed by atoms with Crippen LogP contribution in [0.1, 0.15) is 38.5 Å². The van der Waals surface area contributed by atoms with Gasteiger partial charge in [-0.25, -0.2) is 0 Å². The van der Waals surface area contributed by atoms with E-state index in [1.54, 1.807) is 0 Å². The Hall–Kier alpha value is -0.600. The van der Waals surface area contributed by atoms with Crippen LogP contribution in [0.15, 0.2) is 24.3 Å². The zero-order valence-electron chi connectivity index (χ0n) is 11.8. The van der Waals surface area contributed by atoms with Gasteiger partial charge in [0.1, 0.15) is 0 Å². The molecule has 0 spiro atoms. The van der Waals surface area contributed by atoms with Crippen LogP contribution in [0.2, 0.25) is 0 Å². The first-order valence-electron chi connectivity index (χ1n) is 7.56. The summed E-state index contributed by atoms with van der Waals surface area (Å²) >= 11 is 0. The monoisotopic (exact) mass is 248 g/mol. The molecular formula is C16H28N2. The first kappa shape index (κ1) is 13.8.